The largest absolute Gasteiger partial charge is 0.392 e. The van der Waals surface area contributed by atoms with Gasteiger partial charge in [0.2, 0.25) is 0 Å². The lowest BCUT2D eigenvalue weighted by atomic mass is 9.97. The summed E-state index contributed by atoms with van der Waals surface area (Å²) in [5.41, 5.74) is 4.34. The van der Waals surface area contributed by atoms with Gasteiger partial charge in [0.15, 0.2) is 6.61 Å². The highest BCUT2D eigenvalue weighted by Crippen LogP contribution is 2.25. The number of benzene rings is 2. The minimum Gasteiger partial charge on any atom is -0.348 e. The lowest BCUT2D eigenvalue weighted by Crippen LogP contribution is -1.95. The Morgan fingerprint density at radius 3 is 2.67 bits per heavy atom. The van der Waals surface area contributed by atoms with Gasteiger partial charge in [0.25, 0.3) is 0 Å². The van der Waals surface area contributed by atoms with Crippen LogP contribution in [0, 0.1) is 24.8 Å². The van der Waals surface area contributed by atoms with Crippen LogP contribution in [0.15, 0.2) is 53.7 Å². The van der Waals surface area contributed by atoms with Crippen molar-refractivity contribution in [2.45, 2.75) is 13.5 Å². The minimum absolute atomic E-state index is 0.229. The molecule has 4 heteroatoms. The molecule has 2 rings (SSSR count). The molecule has 0 saturated heterocycles. The van der Waals surface area contributed by atoms with E-state index < -0.39 is 0 Å². The summed E-state index contributed by atoms with van der Waals surface area (Å²) >= 11 is 0. The molecule has 2 aromatic carbocycles. The average molecular weight is 275 g/mol. The zero-order valence-electron chi connectivity index (χ0n) is 11.6. The van der Waals surface area contributed by atoms with Gasteiger partial charge in [-0.1, -0.05) is 55.1 Å². The molecule has 0 atom stereocenters. The van der Waals surface area contributed by atoms with Crippen molar-refractivity contribution in [1.29, 1.82) is 5.26 Å². The Hall–Kier alpha value is -3.11. The van der Waals surface area contributed by atoms with Crippen molar-refractivity contribution in [3.8, 4) is 17.2 Å². The van der Waals surface area contributed by atoms with Crippen LogP contribution in [0.5, 0.6) is 0 Å². The Kier molecular flexibility index (Phi) is 4.69. The number of rotatable bonds is 4. The molecule has 0 spiro atoms. The maximum absolute atomic E-state index is 8.60. The van der Waals surface area contributed by atoms with Gasteiger partial charge in [-0.05, 0) is 29.2 Å². The van der Waals surface area contributed by atoms with Gasteiger partial charge in [-0.15, -0.1) is 0 Å². The molecule has 0 aliphatic heterocycles. The van der Waals surface area contributed by atoms with E-state index in [-0.39, 0.29) is 12.4 Å². The molecule has 0 aromatic heterocycles. The number of nitriles is 1. The standard InChI is InChI=1S/C17H13N3O/c1-13-15(12-21-20-17(11-18)19-2)9-6-10-16(13)14-7-4-3-5-8-14/h3-10H,12H2,1H3/b20-17-. The van der Waals surface area contributed by atoms with Crippen molar-refractivity contribution < 1.29 is 4.84 Å². The van der Waals surface area contributed by atoms with Gasteiger partial charge in [-0.3, -0.25) is 0 Å². The second kappa shape index (κ2) is 6.88. The Balaban J connectivity index is 2.22. The van der Waals surface area contributed by atoms with E-state index >= 15 is 0 Å². The zero-order chi connectivity index (χ0) is 15.1. The van der Waals surface area contributed by atoms with Gasteiger partial charge in [0.05, 0.1) is 5.16 Å². The molecule has 0 saturated carbocycles. The third-order valence-electron chi connectivity index (χ3n) is 3.11. The first-order valence-corrected chi connectivity index (χ1v) is 6.37. The van der Waals surface area contributed by atoms with Crippen LogP contribution in [0.2, 0.25) is 0 Å². The van der Waals surface area contributed by atoms with Gasteiger partial charge in [-0.2, -0.15) is 0 Å². The number of oxime groups is 1. The fourth-order valence-corrected chi connectivity index (χ4v) is 2.00. The number of amidine groups is 1. The van der Waals surface area contributed by atoms with Crippen molar-refractivity contribution in [2.24, 2.45) is 5.16 Å². The highest BCUT2D eigenvalue weighted by Gasteiger charge is 2.07. The Morgan fingerprint density at radius 2 is 2.00 bits per heavy atom. The summed E-state index contributed by atoms with van der Waals surface area (Å²) in [5.74, 6) is -0.299. The minimum atomic E-state index is -0.299. The third-order valence-corrected chi connectivity index (χ3v) is 3.11. The number of nitrogens with zero attached hydrogens (tertiary/aromatic N) is 3. The van der Waals surface area contributed by atoms with Crippen molar-refractivity contribution >= 4 is 5.84 Å². The van der Waals surface area contributed by atoms with E-state index in [0.29, 0.717) is 0 Å². The molecule has 0 heterocycles. The molecule has 2 aromatic rings. The van der Waals surface area contributed by atoms with E-state index in [1.165, 1.54) is 0 Å². The Bertz CT molecular complexity index is 721. The van der Waals surface area contributed by atoms with E-state index in [4.69, 9.17) is 16.7 Å². The van der Waals surface area contributed by atoms with E-state index in [2.05, 4.69) is 28.2 Å². The van der Waals surface area contributed by atoms with E-state index in [9.17, 15) is 0 Å². The maximum atomic E-state index is 8.60. The number of hydrogen-bond acceptors (Lipinski definition) is 3. The van der Waals surface area contributed by atoms with Crippen LogP contribution in [0.1, 0.15) is 11.1 Å². The summed E-state index contributed by atoms with van der Waals surface area (Å²) in [7, 11) is 0. The number of hydrogen-bond donors (Lipinski definition) is 0. The molecule has 0 N–H and O–H groups in total. The monoisotopic (exact) mass is 275 g/mol. The summed E-state index contributed by atoms with van der Waals surface area (Å²) in [6, 6.07) is 17.7. The third kappa shape index (κ3) is 3.46. The van der Waals surface area contributed by atoms with Gasteiger partial charge in [0.1, 0.15) is 6.07 Å². The topological polar surface area (TPSA) is 49.7 Å². The SMILES string of the molecule is [C-]#[N+]/C(C#N)=N\OCc1cccc(-c2ccccc2)c1C. The molecule has 0 fully saturated rings. The summed E-state index contributed by atoms with van der Waals surface area (Å²) in [6.07, 6.45) is 0. The van der Waals surface area contributed by atoms with Crippen LogP contribution in [0.3, 0.4) is 0 Å². The quantitative estimate of drug-likeness (QED) is 0.367. The van der Waals surface area contributed by atoms with Crippen molar-refractivity contribution in [3.05, 3.63) is 71.1 Å². The molecule has 102 valence electrons. The molecule has 0 unspecified atom stereocenters. The van der Waals surface area contributed by atoms with E-state index in [1.54, 1.807) is 6.07 Å². The van der Waals surface area contributed by atoms with Crippen LogP contribution in [0.25, 0.3) is 16.0 Å². The predicted octanol–water partition coefficient (Wildman–Crippen LogP) is 3.93. The summed E-state index contributed by atoms with van der Waals surface area (Å²) in [4.78, 5) is 8.03. The smallest absolute Gasteiger partial charge is 0.348 e. The normalized spacial score (nSPS) is 10.5. The summed E-state index contributed by atoms with van der Waals surface area (Å²) in [6.45, 7) is 8.97. The van der Waals surface area contributed by atoms with Gasteiger partial charge < -0.3 is 9.68 Å². The van der Waals surface area contributed by atoms with Crippen LogP contribution in [-0.2, 0) is 11.4 Å². The summed E-state index contributed by atoms with van der Waals surface area (Å²) in [5, 5.41) is 12.1. The Morgan fingerprint density at radius 1 is 1.24 bits per heavy atom. The van der Waals surface area contributed by atoms with Gasteiger partial charge >= 0.3 is 5.84 Å². The zero-order valence-corrected chi connectivity index (χ0v) is 11.6. The van der Waals surface area contributed by atoms with Crippen molar-refractivity contribution in [3.63, 3.8) is 0 Å². The van der Waals surface area contributed by atoms with Gasteiger partial charge in [0, 0.05) is 0 Å². The molecular formula is C17H13N3O. The first-order chi connectivity index (χ1) is 10.3. The fourth-order valence-electron chi connectivity index (χ4n) is 2.00. The second-order valence-corrected chi connectivity index (χ2v) is 4.37. The van der Waals surface area contributed by atoms with Crippen LogP contribution in [-0.4, -0.2) is 5.84 Å². The van der Waals surface area contributed by atoms with Crippen molar-refractivity contribution in [1.82, 2.24) is 0 Å². The van der Waals surface area contributed by atoms with E-state index in [0.717, 1.165) is 22.3 Å². The predicted molar refractivity (Wildman–Crippen MR) is 81.1 cm³/mol. The van der Waals surface area contributed by atoms with Crippen LogP contribution < -0.4 is 0 Å². The van der Waals surface area contributed by atoms with Crippen molar-refractivity contribution in [2.75, 3.05) is 0 Å². The first-order valence-electron chi connectivity index (χ1n) is 6.37. The molecular weight excluding hydrogens is 262 g/mol. The van der Waals surface area contributed by atoms with Crippen LogP contribution >= 0.6 is 0 Å². The molecule has 0 aliphatic carbocycles. The van der Waals surface area contributed by atoms with Crippen LogP contribution in [0.4, 0.5) is 0 Å². The molecule has 0 radical (unpaired) electrons. The highest BCUT2D eigenvalue weighted by molar-refractivity contribution is 6.03. The first kappa shape index (κ1) is 14.3. The lowest BCUT2D eigenvalue weighted by molar-refractivity contribution is 0.131. The summed E-state index contributed by atoms with van der Waals surface area (Å²) < 4.78 is 0. The van der Waals surface area contributed by atoms with Gasteiger partial charge in [-0.25, -0.2) is 5.26 Å². The Labute approximate surface area is 123 Å². The molecule has 0 bridgehead atoms. The average Bonchev–Trinajstić information content (AvgIpc) is 2.54. The maximum Gasteiger partial charge on any atom is 0.392 e. The fraction of sp³-hybridized carbons (Fsp3) is 0.118. The van der Waals surface area contributed by atoms with E-state index in [1.807, 2.05) is 37.3 Å². The molecule has 21 heavy (non-hydrogen) atoms. The highest BCUT2D eigenvalue weighted by atomic mass is 16.6. The second-order valence-electron chi connectivity index (χ2n) is 4.37. The molecule has 0 amide bonds. The lowest BCUT2D eigenvalue weighted by Gasteiger charge is -2.09. The molecule has 0 aliphatic rings. The molecule has 4 nitrogen and oxygen atoms in total.